The molecular formula is C14H19BrN4. The van der Waals surface area contributed by atoms with Crippen LogP contribution in [0.15, 0.2) is 18.5 Å². The minimum absolute atomic E-state index is 0.546. The summed E-state index contributed by atoms with van der Waals surface area (Å²) in [7, 11) is 0. The maximum Gasteiger partial charge on any atom is 0.154 e. The Morgan fingerprint density at radius 1 is 1.53 bits per heavy atom. The van der Waals surface area contributed by atoms with Gasteiger partial charge in [-0.15, -0.1) is 0 Å². The zero-order valence-electron chi connectivity index (χ0n) is 11.4. The molecule has 0 aromatic carbocycles. The fourth-order valence-corrected chi connectivity index (χ4v) is 3.42. The Labute approximate surface area is 121 Å². The average Bonchev–Trinajstić information content (AvgIpc) is 2.92. The van der Waals surface area contributed by atoms with Crippen LogP contribution in [0, 0.1) is 6.92 Å². The highest BCUT2D eigenvalue weighted by Crippen LogP contribution is 2.30. The van der Waals surface area contributed by atoms with E-state index in [-0.39, 0.29) is 0 Å². The van der Waals surface area contributed by atoms with Crippen LogP contribution >= 0.6 is 15.9 Å². The number of alkyl halides is 1. The fourth-order valence-electron chi connectivity index (χ4n) is 2.99. The van der Waals surface area contributed by atoms with Gasteiger partial charge in [-0.25, -0.2) is 9.50 Å². The first kappa shape index (κ1) is 12.9. The van der Waals surface area contributed by atoms with Crippen molar-refractivity contribution in [1.82, 2.24) is 14.6 Å². The Morgan fingerprint density at radius 2 is 2.37 bits per heavy atom. The van der Waals surface area contributed by atoms with E-state index in [4.69, 9.17) is 0 Å². The van der Waals surface area contributed by atoms with E-state index in [9.17, 15) is 0 Å². The number of nitrogens with zero attached hydrogens (tertiary/aromatic N) is 4. The van der Waals surface area contributed by atoms with Crippen molar-refractivity contribution < 1.29 is 0 Å². The molecule has 2 atom stereocenters. The summed E-state index contributed by atoms with van der Waals surface area (Å²) in [5.41, 5.74) is 2.16. The normalized spacial score (nSPS) is 21.2. The second kappa shape index (κ2) is 5.12. The molecule has 1 fully saturated rings. The van der Waals surface area contributed by atoms with Crippen LogP contribution in [-0.2, 0) is 0 Å². The quantitative estimate of drug-likeness (QED) is 0.814. The molecule has 3 heterocycles. The second-order valence-corrected chi connectivity index (χ2v) is 6.94. The molecule has 1 aliphatic rings. The van der Waals surface area contributed by atoms with Gasteiger partial charge in [0.2, 0.25) is 0 Å². The molecule has 0 bridgehead atoms. The maximum atomic E-state index is 4.61. The molecule has 0 N–H and O–H groups in total. The van der Waals surface area contributed by atoms with Gasteiger partial charge in [-0.05, 0) is 32.3 Å². The standard InChI is InChI=1S/C14H19BrN4/c1-10(15)8-12-4-3-6-18(12)14-13-9-11(2)17-19(13)7-5-16-14/h5,7,9-10,12H,3-4,6,8H2,1-2H3. The van der Waals surface area contributed by atoms with Crippen molar-refractivity contribution in [3.63, 3.8) is 0 Å². The predicted molar refractivity (Wildman–Crippen MR) is 81.1 cm³/mol. The molecule has 1 saturated heterocycles. The molecule has 0 spiro atoms. The molecule has 0 aliphatic carbocycles. The first-order valence-electron chi connectivity index (χ1n) is 6.87. The highest BCUT2D eigenvalue weighted by Gasteiger charge is 2.28. The van der Waals surface area contributed by atoms with E-state index in [2.05, 4.69) is 43.9 Å². The van der Waals surface area contributed by atoms with Gasteiger partial charge >= 0.3 is 0 Å². The summed E-state index contributed by atoms with van der Waals surface area (Å²) >= 11 is 3.67. The van der Waals surface area contributed by atoms with Crippen LogP contribution in [0.5, 0.6) is 0 Å². The number of hydrogen-bond acceptors (Lipinski definition) is 3. The molecule has 102 valence electrons. The van der Waals surface area contributed by atoms with Gasteiger partial charge in [0.25, 0.3) is 0 Å². The van der Waals surface area contributed by atoms with E-state index >= 15 is 0 Å². The lowest BCUT2D eigenvalue weighted by Crippen LogP contribution is -2.31. The maximum absolute atomic E-state index is 4.61. The van der Waals surface area contributed by atoms with Gasteiger partial charge in [0.1, 0.15) is 5.52 Å². The first-order valence-corrected chi connectivity index (χ1v) is 7.78. The molecule has 2 aromatic rings. The number of aryl methyl sites for hydroxylation is 1. The lowest BCUT2D eigenvalue weighted by atomic mass is 10.1. The first-order chi connectivity index (χ1) is 9.15. The van der Waals surface area contributed by atoms with Crippen molar-refractivity contribution >= 4 is 27.3 Å². The smallest absolute Gasteiger partial charge is 0.154 e. The molecule has 4 nitrogen and oxygen atoms in total. The van der Waals surface area contributed by atoms with Gasteiger partial charge in [0.15, 0.2) is 5.82 Å². The monoisotopic (exact) mass is 322 g/mol. The molecule has 0 amide bonds. The Bertz CT molecular complexity index is 578. The third kappa shape index (κ3) is 2.48. The molecule has 1 aliphatic heterocycles. The number of rotatable bonds is 3. The third-order valence-corrected chi connectivity index (χ3v) is 4.11. The summed E-state index contributed by atoms with van der Waals surface area (Å²) < 4.78 is 1.94. The Morgan fingerprint density at radius 3 is 3.16 bits per heavy atom. The largest absolute Gasteiger partial charge is 0.352 e. The number of hydrogen-bond donors (Lipinski definition) is 0. The average molecular weight is 323 g/mol. The van der Waals surface area contributed by atoms with Crippen LogP contribution in [-0.4, -0.2) is 32.0 Å². The molecule has 2 aromatic heterocycles. The van der Waals surface area contributed by atoms with Gasteiger partial charge in [0.05, 0.1) is 5.69 Å². The summed E-state index contributed by atoms with van der Waals surface area (Å²) in [5, 5.41) is 4.47. The Hall–Kier alpha value is -1.10. The number of fused-ring (bicyclic) bond motifs is 1. The minimum Gasteiger partial charge on any atom is -0.352 e. The SMILES string of the molecule is Cc1cc2c(N3CCCC3CC(C)Br)nccn2n1. The van der Waals surface area contributed by atoms with E-state index < -0.39 is 0 Å². The van der Waals surface area contributed by atoms with Gasteiger partial charge in [-0.1, -0.05) is 22.9 Å². The fraction of sp³-hybridized carbons (Fsp3) is 0.571. The highest BCUT2D eigenvalue weighted by molar-refractivity contribution is 9.09. The summed E-state index contributed by atoms with van der Waals surface area (Å²) in [4.78, 5) is 7.61. The van der Waals surface area contributed by atoms with Crippen LogP contribution in [0.4, 0.5) is 5.82 Å². The van der Waals surface area contributed by atoms with Gasteiger partial charge < -0.3 is 4.90 Å². The van der Waals surface area contributed by atoms with E-state index in [0.29, 0.717) is 10.9 Å². The summed E-state index contributed by atoms with van der Waals surface area (Å²) in [5.74, 6) is 1.08. The summed E-state index contributed by atoms with van der Waals surface area (Å²) in [6.07, 6.45) is 7.44. The van der Waals surface area contributed by atoms with E-state index in [1.807, 2.05) is 23.8 Å². The van der Waals surface area contributed by atoms with E-state index in [1.54, 1.807) is 0 Å². The van der Waals surface area contributed by atoms with Crippen molar-refractivity contribution in [2.45, 2.75) is 44.0 Å². The predicted octanol–water partition coefficient (Wildman–Crippen LogP) is 3.18. The number of anilines is 1. The van der Waals surface area contributed by atoms with Crippen molar-refractivity contribution in [3.8, 4) is 0 Å². The zero-order valence-corrected chi connectivity index (χ0v) is 13.0. The Kier molecular flexibility index (Phi) is 3.48. The van der Waals surface area contributed by atoms with E-state index in [0.717, 1.165) is 30.0 Å². The van der Waals surface area contributed by atoms with Crippen LogP contribution in [0.25, 0.3) is 5.52 Å². The van der Waals surface area contributed by atoms with Gasteiger partial charge in [-0.3, -0.25) is 0 Å². The van der Waals surface area contributed by atoms with Gasteiger partial charge in [0, 0.05) is 29.8 Å². The molecule has 0 saturated carbocycles. The number of aromatic nitrogens is 3. The summed E-state index contributed by atoms with van der Waals surface area (Å²) in [6, 6.07) is 2.71. The van der Waals surface area contributed by atoms with Crippen molar-refractivity contribution in [2.75, 3.05) is 11.4 Å². The van der Waals surface area contributed by atoms with Crippen molar-refractivity contribution in [2.24, 2.45) is 0 Å². The van der Waals surface area contributed by atoms with Gasteiger partial charge in [-0.2, -0.15) is 5.10 Å². The molecular weight excluding hydrogens is 304 g/mol. The molecule has 0 radical (unpaired) electrons. The topological polar surface area (TPSA) is 33.4 Å². The van der Waals surface area contributed by atoms with Crippen molar-refractivity contribution in [1.29, 1.82) is 0 Å². The minimum atomic E-state index is 0.546. The highest BCUT2D eigenvalue weighted by atomic mass is 79.9. The Balaban J connectivity index is 1.98. The van der Waals surface area contributed by atoms with Crippen LogP contribution < -0.4 is 4.90 Å². The van der Waals surface area contributed by atoms with Crippen LogP contribution in [0.3, 0.4) is 0 Å². The molecule has 3 rings (SSSR count). The molecule has 2 unspecified atom stereocenters. The second-order valence-electron chi connectivity index (χ2n) is 5.37. The zero-order chi connectivity index (χ0) is 13.4. The molecule has 5 heteroatoms. The van der Waals surface area contributed by atoms with E-state index in [1.165, 1.54) is 12.8 Å². The lowest BCUT2D eigenvalue weighted by molar-refractivity contribution is 0.608. The summed E-state index contributed by atoms with van der Waals surface area (Å²) in [6.45, 7) is 5.34. The third-order valence-electron chi connectivity index (χ3n) is 3.74. The molecule has 19 heavy (non-hydrogen) atoms. The van der Waals surface area contributed by atoms with Crippen LogP contribution in [0.1, 0.15) is 31.9 Å². The van der Waals surface area contributed by atoms with Crippen molar-refractivity contribution in [3.05, 3.63) is 24.2 Å². The number of halogens is 1. The van der Waals surface area contributed by atoms with Crippen LogP contribution in [0.2, 0.25) is 0 Å². The lowest BCUT2D eigenvalue weighted by Gasteiger charge is -2.27.